The summed E-state index contributed by atoms with van der Waals surface area (Å²) in [5.41, 5.74) is 37.0. The molecule has 12 aromatic carbocycles. The Morgan fingerprint density at radius 2 is 0.491 bits per heavy atom. The van der Waals surface area contributed by atoms with Crippen molar-refractivity contribution in [1.82, 2.24) is 0 Å². The second kappa shape index (κ2) is 43.9. The molecule has 552 valence electrons. The van der Waals surface area contributed by atoms with E-state index in [9.17, 15) is 0 Å². The van der Waals surface area contributed by atoms with Crippen molar-refractivity contribution in [3.05, 3.63) is 318 Å². The van der Waals surface area contributed by atoms with Crippen molar-refractivity contribution in [3.8, 4) is 80.5 Å². The highest BCUT2D eigenvalue weighted by Crippen LogP contribution is 2.45. The fourth-order valence-electron chi connectivity index (χ4n) is 10.1. The predicted molar refractivity (Wildman–Crippen MR) is 407 cm³/mol. The fourth-order valence-corrected chi connectivity index (χ4v) is 10.1. The number of benzene rings is 12. The first-order valence-electron chi connectivity index (χ1n) is 33.8. The highest BCUT2D eigenvalue weighted by atomic mass is 16.5. The van der Waals surface area contributed by atoms with Crippen LogP contribution in [0.3, 0.4) is 0 Å². The normalized spacial score (nSPS) is 10.0. The summed E-state index contributed by atoms with van der Waals surface area (Å²) in [4.78, 5) is 0. The number of nitrogens with two attached hydrogens (primary N) is 5. The number of hydrogen-bond donors (Lipinski definition) is 5. The number of hydrogen-bond acceptors (Lipinski definition) is 18. The molecule has 0 aliphatic carbocycles. The summed E-state index contributed by atoms with van der Waals surface area (Å²) >= 11 is 0. The Hall–Kier alpha value is -14.0. The summed E-state index contributed by atoms with van der Waals surface area (Å²) in [5, 5.41) is 18.7. The van der Waals surface area contributed by atoms with Crippen molar-refractivity contribution in [1.29, 1.82) is 0 Å². The topological polar surface area (TPSA) is 310 Å². The summed E-state index contributed by atoms with van der Waals surface area (Å²) in [6.07, 6.45) is 0. The van der Waals surface area contributed by atoms with Crippen molar-refractivity contribution in [2.75, 3.05) is 42.7 Å². The predicted octanol–water partition coefficient (Wildman–Crippen LogP) is 14.3. The van der Waals surface area contributed by atoms with Crippen LogP contribution >= 0.6 is 0 Å². The van der Waals surface area contributed by atoms with Crippen LogP contribution in [0.5, 0.6) is 80.5 Å². The molecule has 0 aliphatic rings. The maximum atomic E-state index is 6.07. The fraction of sp³-hybridized carbons (Fsp3) is 0.153. The maximum absolute atomic E-state index is 6.07. The van der Waals surface area contributed by atoms with Crippen LogP contribution in [0.1, 0.15) is 38.9 Å². The molecule has 23 heteroatoms. The van der Waals surface area contributed by atoms with Gasteiger partial charge in [0.2, 0.25) is 17.1 Å². The lowest BCUT2D eigenvalue weighted by atomic mass is 10.1. The molecule has 23 nitrogen and oxygen atoms in total. The third-order valence-electron chi connectivity index (χ3n) is 15.6. The minimum absolute atomic E-state index is 0.379. The van der Waals surface area contributed by atoms with Gasteiger partial charge in [0.1, 0.15) is 74.1 Å². The zero-order valence-corrected chi connectivity index (χ0v) is 61.2. The molecule has 0 bridgehead atoms. The summed E-state index contributed by atoms with van der Waals surface area (Å²) in [6, 6.07) is 88.5. The van der Waals surface area contributed by atoms with Gasteiger partial charge in [0.05, 0.1) is 42.7 Å². The number of rotatable bonds is 31. The molecule has 0 amide bonds. The average Bonchev–Trinajstić information content (AvgIpc) is 0.819. The maximum Gasteiger partial charge on any atom is 0.213 e. The van der Waals surface area contributed by atoms with Gasteiger partial charge in [-0.15, -0.1) is 0 Å². The summed E-state index contributed by atoms with van der Waals surface area (Å²) in [5.74, 6) is 8.26. The van der Waals surface area contributed by atoms with Crippen LogP contribution in [0.4, 0.5) is 28.4 Å². The molecule has 12 rings (SSSR count). The molecule has 0 atom stereocenters. The van der Waals surface area contributed by atoms with Crippen molar-refractivity contribution in [3.63, 3.8) is 0 Å². The first-order valence-corrected chi connectivity index (χ1v) is 33.8. The Morgan fingerprint density at radius 1 is 0.222 bits per heavy atom. The quantitative estimate of drug-likeness (QED) is 0.0253. The van der Waals surface area contributed by atoms with E-state index < -0.39 is 0 Å². The molecule has 10 N–H and O–H groups in total. The lowest BCUT2D eigenvalue weighted by Crippen LogP contribution is -2.22. The molecule has 0 fully saturated rings. The molecule has 0 saturated heterocycles. The Morgan fingerprint density at radius 3 is 0.806 bits per heavy atom. The van der Waals surface area contributed by atoms with E-state index >= 15 is 0 Å². The van der Waals surface area contributed by atoms with E-state index in [1.54, 1.807) is 89.1 Å². The van der Waals surface area contributed by atoms with Gasteiger partial charge in [-0.25, -0.2) is 0 Å². The van der Waals surface area contributed by atoms with Gasteiger partial charge in [-0.2, -0.15) is 27.7 Å². The lowest BCUT2D eigenvalue weighted by molar-refractivity contribution is -0.211. The lowest BCUT2D eigenvalue weighted by Gasteiger charge is -2.15. The molecule has 108 heavy (non-hydrogen) atoms. The van der Waals surface area contributed by atoms with E-state index in [4.69, 9.17) is 89.2 Å². The SMILES string of the molecule is COc1cc(C)c(N=[NH2+])c(OCc2ccccc2)c1.COc1cc(OCc2ccccc2)cc(OCc2ccccc2)c1N=[NH2+].COc1cc(Oc2ccccc2)cc(OC)c1N=[NH2+].COc1ccc(N=[NH2+])c(OC)c1.[NH2+]=Nc1c(OCc2ccccc2)cc(OCc2ccccc2)cc1OCc1ccccc1. The van der Waals surface area contributed by atoms with E-state index in [1.807, 2.05) is 225 Å². The van der Waals surface area contributed by atoms with Gasteiger partial charge >= 0.3 is 0 Å². The molecule has 0 saturated carbocycles. The van der Waals surface area contributed by atoms with Crippen molar-refractivity contribution in [2.45, 2.75) is 46.6 Å². The molecule has 12 aromatic rings. The van der Waals surface area contributed by atoms with Crippen molar-refractivity contribution >= 4 is 28.4 Å². The van der Waals surface area contributed by atoms with Crippen LogP contribution in [0, 0.1) is 6.92 Å². The van der Waals surface area contributed by atoms with Gasteiger partial charge < -0.3 is 61.6 Å². The minimum Gasteiger partial charge on any atom is -0.497 e. The highest BCUT2D eigenvalue weighted by Gasteiger charge is 2.20. The monoisotopic (exact) mass is 1460 g/mol. The molecule has 0 heterocycles. The zero-order chi connectivity index (χ0) is 76.5. The van der Waals surface area contributed by atoms with Crippen LogP contribution in [-0.2, 0) is 39.6 Å². The Balaban J connectivity index is 0.000000176. The van der Waals surface area contributed by atoms with Gasteiger partial charge in [0.25, 0.3) is 0 Å². The van der Waals surface area contributed by atoms with Gasteiger partial charge in [-0.05, 0) is 102 Å². The van der Waals surface area contributed by atoms with Gasteiger partial charge in [0, 0.05) is 48.5 Å². The summed E-state index contributed by atoms with van der Waals surface area (Å²) in [7, 11) is 9.41. The van der Waals surface area contributed by atoms with Crippen LogP contribution in [0.25, 0.3) is 0 Å². The van der Waals surface area contributed by atoms with Crippen LogP contribution in [0.2, 0.25) is 0 Å². The average molecular weight is 1460 g/mol. The molecular weight excluding hydrogens is 1370 g/mol. The minimum atomic E-state index is 0.379. The second-order valence-electron chi connectivity index (χ2n) is 23.0. The second-order valence-corrected chi connectivity index (χ2v) is 23.0. The van der Waals surface area contributed by atoms with Crippen LogP contribution in [-0.4, -0.2) is 42.7 Å². The molecule has 0 radical (unpaired) electrons. The number of ether oxygens (including phenoxy) is 13. The van der Waals surface area contributed by atoms with Crippen LogP contribution in [0.15, 0.2) is 305 Å². The standard InChI is InChI=1S/C27H24N2O3.C21H20N2O3.C15H16N2O2.C14H14N2O3.C8H10N2O2/c28-29-27-25(31-19-22-12-6-2-7-13-22)16-24(30-18-21-10-4-1-5-11-21)17-26(27)32-20-23-14-8-3-9-15-23;1-24-19-12-18(25-14-16-8-4-2-5-9-16)13-20(21(19)23-22)26-15-17-10-6-3-7-11-17;1-11-8-13(18-2)9-14(15(11)17-16)19-10-12-6-4-3-5-7-12;1-17-12-8-11(9-13(18-2)14(12)16-15)19-10-6-4-3-5-7-10;1-11-6-3-4-7(10-9)8(5-6)12-2/h1-17,28H,18-20H2;2-13,22H,14-15H2,1H3;3-9,16H,10H2,1-2H3;3-9,15H,1-2H3;3-5,9H,1-2H3/p+5. The third kappa shape index (κ3) is 24.9. The summed E-state index contributed by atoms with van der Waals surface area (Å²) in [6.45, 7) is 4.42. The van der Waals surface area contributed by atoms with Crippen molar-refractivity contribution < 1.29 is 89.2 Å². The van der Waals surface area contributed by atoms with Gasteiger partial charge in [-0.1, -0.05) is 200 Å². The Kier molecular flexibility index (Phi) is 32.4. The van der Waals surface area contributed by atoms with E-state index in [0.717, 1.165) is 56.2 Å². The smallest absolute Gasteiger partial charge is 0.213 e. The molecule has 0 unspecified atom stereocenters. The van der Waals surface area contributed by atoms with E-state index in [1.165, 1.54) is 14.2 Å². The molecule has 0 aliphatic heterocycles. The van der Waals surface area contributed by atoms with E-state index in [-0.39, 0.29) is 0 Å². The first-order chi connectivity index (χ1) is 52.9. The number of para-hydroxylation sites is 1. The van der Waals surface area contributed by atoms with E-state index in [0.29, 0.717) is 131 Å². The third-order valence-corrected chi connectivity index (χ3v) is 15.6. The molecule has 0 aromatic heterocycles. The molecule has 0 spiro atoms. The number of aryl methyl sites for hydroxylation is 1. The van der Waals surface area contributed by atoms with Crippen LogP contribution < -0.4 is 89.2 Å². The highest BCUT2D eigenvalue weighted by molar-refractivity contribution is 5.67. The van der Waals surface area contributed by atoms with Gasteiger partial charge in [0.15, 0.2) is 57.4 Å². The van der Waals surface area contributed by atoms with Crippen molar-refractivity contribution in [2.24, 2.45) is 25.6 Å². The van der Waals surface area contributed by atoms with E-state index in [2.05, 4.69) is 25.6 Å². The number of nitrogens with zero attached hydrogens (tertiary/aromatic N) is 5. The van der Waals surface area contributed by atoms with Gasteiger partial charge in [-0.3, -0.25) is 0 Å². The molecular formula is C85H89N10O13+5. The first kappa shape index (κ1) is 79.7. The summed E-state index contributed by atoms with van der Waals surface area (Å²) < 4.78 is 72.5. The Labute approximate surface area is 627 Å². The largest absolute Gasteiger partial charge is 0.497 e. The Bertz CT molecular complexity index is 4660. The number of methoxy groups -OCH3 is 6. The zero-order valence-electron chi connectivity index (χ0n) is 61.2.